The SMILES string of the molecule is Fc1ccc(-c2ccccc2)c(-c2ccccc2)c1C1CCCCC1. The Kier molecular flexibility index (Phi) is 4.65. The van der Waals surface area contributed by atoms with Crippen LogP contribution in [0.15, 0.2) is 72.8 Å². The van der Waals surface area contributed by atoms with Gasteiger partial charge < -0.3 is 0 Å². The molecule has 4 rings (SSSR count). The van der Waals surface area contributed by atoms with Crippen LogP contribution in [0.4, 0.5) is 4.39 Å². The van der Waals surface area contributed by atoms with Gasteiger partial charge in [-0.05, 0) is 52.6 Å². The number of rotatable bonds is 3. The van der Waals surface area contributed by atoms with Crippen molar-refractivity contribution >= 4 is 0 Å². The van der Waals surface area contributed by atoms with E-state index in [1.807, 2.05) is 42.5 Å². The molecule has 1 aliphatic rings. The highest BCUT2D eigenvalue weighted by atomic mass is 19.1. The summed E-state index contributed by atoms with van der Waals surface area (Å²) in [5, 5.41) is 0. The molecule has 25 heavy (non-hydrogen) atoms. The Balaban J connectivity index is 1.96. The Morgan fingerprint density at radius 2 is 1.24 bits per heavy atom. The van der Waals surface area contributed by atoms with E-state index in [4.69, 9.17) is 0 Å². The van der Waals surface area contributed by atoms with E-state index in [0.717, 1.165) is 40.7 Å². The van der Waals surface area contributed by atoms with Crippen LogP contribution >= 0.6 is 0 Å². The first-order valence-corrected chi connectivity index (χ1v) is 9.28. The quantitative estimate of drug-likeness (QED) is 0.476. The molecule has 1 saturated carbocycles. The van der Waals surface area contributed by atoms with E-state index in [2.05, 4.69) is 24.3 Å². The van der Waals surface area contributed by atoms with Gasteiger partial charge in [0.15, 0.2) is 0 Å². The molecule has 0 spiro atoms. The summed E-state index contributed by atoms with van der Waals surface area (Å²) >= 11 is 0. The topological polar surface area (TPSA) is 0 Å². The summed E-state index contributed by atoms with van der Waals surface area (Å²) in [6.07, 6.45) is 5.86. The Morgan fingerprint density at radius 3 is 1.88 bits per heavy atom. The highest BCUT2D eigenvalue weighted by Crippen LogP contribution is 2.44. The zero-order valence-electron chi connectivity index (χ0n) is 14.4. The standard InChI is InChI=1S/C24H23F/c25-22-17-16-21(18-10-4-1-5-11-18)23(19-12-6-2-7-13-19)24(22)20-14-8-3-9-15-20/h1-2,4-7,10-13,16-17,20H,3,8-9,14-15H2. The minimum atomic E-state index is -0.0505. The fourth-order valence-electron chi connectivity index (χ4n) is 4.16. The average Bonchev–Trinajstić information content (AvgIpc) is 2.70. The molecule has 126 valence electrons. The van der Waals surface area contributed by atoms with Gasteiger partial charge in [-0.1, -0.05) is 86.0 Å². The molecule has 0 radical (unpaired) electrons. The molecular formula is C24H23F. The van der Waals surface area contributed by atoms with E-state index in [9.17, 15) is 0 Å². The van der Waals surface area contributed by atoms with E-state index in [1.165, 1.54) is 19.3 Å². The van der Waals surface area contributed by atoms with Crippen molar-refractivity contribution in [1.29, 1.82) is 0 Å². The molecule has 3 aromatic carbocycles. The molecule has 0 atom stereocenters. The summed E-state index contributed by atoms with van der Waals surface area (Å²) in [6, 6.07) is 24.3. The second kappa shape index (κ2) is 7.23. The molecular weight excluding hydrogens is 307 g/mol. The van der Waals surface area contributed by atoms with Gasteiger partial charge in [0.1, 0.15) is 5.82 Å². The normalized spacial score (nSPS) is 15.2. The summed E-state index contributed by atoms with van der Waals surface area (Å²) in [4.78, 5) is 0. The predicted octanol–water partition coefficient (Wildman–Crippen LogP) is 7.21. The average molecular weight is 330 g/mol. The number of hydrogen-bond donors (Lipinski definition) is 0. The molecule has 0 heterocycles. The molecule has 1 aliphatic carbocycles. The Labute approximate surface area is 149 Å². The zero-order chi connectivity index (χ0) is 17.1. The number of benzene rings is 3. The fraction of sp³-hybridized carbons (Fsp3) is 0.250. The van der Waals surface area contributed by atoms with E-state index in [-0.39, 0.29) is 5.82 Å². The highest BCUT2D eigenvalue weighted by Gasteiger charge is 2.25. The van der Waals surface area contributed by atoms with Crippen molar-refractivity contribution in [2.75, 3.05) is 0 Å². The van der Waals surface area contributed by atoms with Gasteiger partial charge in [-0.2, -0.15) is 0 Å². The first-order valence-electron chi connectivity index (χ1n) is 9.28. The van der Waals surface area contributed by atoms with E-state index >= 15 is 4.39 Å². The van der Waals surface area contributed by atoms with Crippen LogP contribution < -0.4 is 0 Å². The van der Waals surface area contributed by atoms with Gasteiger partial charge in [0.2, 0.25) is 0 Å². The van der Waals surface area contributed by atoms with Crippen LogP contribution in [-0.2, 0) is 0 Å². The van der Waals surface area contributed by atoms with Crippen molar-refractivity contribution in [2.45, 2.75) is 38.0 Å². The molecule has 1 fully saturated rings. The Morgan fingerprint density at radius 1 is 0.640 bits per heavy atom. The van der Waals surface area contributed by atoms with Gasteiger partial charge >= 0.3 is 0 Å². The molecule has 0 unspecified atom stereocenters. The maximum absolute atomic E-state index is 15.0. The van der Waals surface area contributed by atoms with Crippen molar-refractivity contribution in [3.05, 3.63) is 84.2 Å². The second-order valence-electron chi connectivity index (χ2n) is 6.95. The van der Waals surface area contributed by atoms with Crippen molar-refractivity contribution in [3.8, 4) is 22.3 Å². The van der Waals surface area contributed by atoms with Gasteiger partial charge in [0, 0.05) is 0 Å². The molecule has 0 saturated heterocycles. The van der Waals surface area contributed by atoms with Crippen molar-refractivity contribution in [3.63, 3.8) is 0 Å². The first-order chi connectivity index (χ1) is 12.3. The minimum Gasteiger partial charge on any atom is -0.207 e. The summed E-state index contributed by atoms with van der Waals surface area (Å²) < 4.78 is 15.0. The lowest BCUT2D eigenvalue weighted by Crippen LogP contribution is -2.09. The molecule has 0 nitrogen and oxygen atoms in total. The maximum atomic E-state index is 15.0. The van der Waals surface area contributed by atoms with Crippen LogP contribution in [0.2, 0.25) is 0 Å². The van der Waals surface area contributed by atoms with Crippen LogP contribution in [0.1, 0.15) is 43.6 Å². The summed E-state index contributed by atoms with van der Waals surface area (Å²) in [7, 11) is 0. The molecule has 0 aromatic heterocycles. The Hall–Kier alpha value is -2.41. The minimum absolute atomic E-state index is 0.0505. The summed E-state index contributed by atoms with van der Waals surface area (Å²) in [6.45, 7) is 0. The fourth-order valence-corrected chi connectivity index (χ4v) is 4.16. The van der Waals surface area contributed by atoms with Gasteiger partial charge in [-0.15, -0.1) is 0 Å². The number of hydrogen-bond acceptors (Lipinski definition) is 0. The monoisotopic (exact) mass is 330 g/mol. The smallest absolute Gasteiger partial charge is 0.127 e. The molecule has 3 aromatic rings. The molecule has 1 heteroatoms. The third-order valence-electron chi connectivity index (χ3n) is 5.35. The first kappa shape index (κ1) is 16.1. The van der Waals surface area contributed by atoms with E-state index < -0.39 is 0 Å². The van der Waals surface area contributed by atoms with E-state index in [1.54, 1.807) is 6.07 Å². The van der Waals surface area contributed by atoms with E-state index in [0.29, 0.717) is 5.92 Å². The maximum Gasteiger partial charge on any atom is 0.127 e. The van der Waals surface area contributed by atoms with Crippen molar-refractivity contribution in [2.24, 2.45) is 0 Å². The van der Waals surface area contributed by atoms with Crippen LogP contribution in [-0.4, -0.2) is 0 Å². The second-order valence-corrected chi connectivity index (χ2v) is 6.95. The van der Waals surface area contributed by atoms with Crippen LogP contribution in [0.3, 0.4) is 0 Å². The van der Waals surface area contributed by atoms with Gasteiger partial charge in [-0.25, -0.2) is 4.39 Å². The van der Waals surface area contributed by atoms with Gasteiger partial charge in [0.05, 0.1) is 0 Å². The lowest BCUT2D eigenvalue weighted by molar-refractivity contribution is 0.430. The molecule has 0 amide bonds. The largest absolute Gasteiger partial charge is 0.207 e. The lowest BCUT2D eigenvalue weighted by Gasteiger charge is -2.26. The molecule has 0 bridgehead atoms. The Bertz CT molecular complexity index is 831. The van der Waals surface area contributed by atoms with Crippen molar-refractivity contribution in [1.82, 2.24) is 0 Å². The third kappa shape index (κ3) is 3.24. The van der Waals surface area contributed by atoms with Crippen LogP contribution in [0, 0.1) is 5.82 Å². The summed E-state index contributed by atoms with van der Waals surface area (Å²) in [5.74, 6) is 0.276. The highest BCUT2D eigenvalue weighted by molar-refractivity contribution is 5.86. The van der Waals surface area contributed by atoms with Gasteiger partial charge in [-0.3, -0.25) is 0 Å². The predicted molar refractivity (Wildman–Crippen MR) is 103 cm³/mol. The third-order valence-corrected chi connectivity index (χ3v) is 5.35. The summed E-state index contributed by atoms with van der Waals surface area (Å²) in [5.41, 5.74) is 5.40. The number of halogens is 1. The van der Waals surface area contributed by atoms with Crippen molar-refractivity contribution < 1.29 is 4.39 Å². The van der Waals surface area contributed by atoms with Crippen LogP contribution in [0.25, 0.3) is 22.3 Å². The lowest BCUT2D eigenvalue weighted by atomic mass is 9.78. The zero-order valence-corrected chi connectivity index (χ0v) is 14.4. The molecule has 0 aliphatic heterocycles. The van der Waals surface area contributed by atoms with Crippen LogP contribution in [0.5, 0.6) is 0 Å². The van der Waals surface area contributed by atoms with Gasteiger partial charge in [0.25, 0.3) is 0 Å². The molecule has 0 N–H and O–H groups in total.